The Morgan fingerprint density at radius 1 is 1.45 bits per heavy atom. The minimum absolute atomic E-state index is 0.155. The zero-order chi connectivity index (χ0) is 15.5. The molecule has 0 heterocycles. The summed E-state index contributed by atoms with van der Waals surface area (Å²) in [7, 11) is -3.66. The van der Waals surface area contributed by atoms with E-state index in [1.54, 1.807) is 26.8 Å². The fourth-order valence-corrected chi connectivity index (χ4v) is 4.23. The largest absolute Gasteiger partial charge is 0.398 e. The van der Waals surface area contributed by atoms with E-state index in [2.05, 4.69) is 15.9 Å². The smallest absolute Gasteiger partial charge is 0.243 e. The highest BCUT2D eigenvalue weighted by Gasteiger charge is 2.28. The number of sulfonamides is 1. The van der Waals surface area contributed by atoms with Crippen molar-refractivity contribution in [3.05, 3.63) is 22.2 Å². The molecule has 0 unspecified atom stereocenters. The van der Waals surface area contributed by atoms with Gasteiger partial charge in [0, 0.05) is 29.2 Å². The number of hydrogen-bond donors (Lipinski definition) is 1. The molecular weight excluding hydrogens is 342 g/mol. The maximum atomic E-state index is 12.7. The minimum atomic E-state index is -3.66. The van der Waals surface area contributed by atoms with Gasteiger partial charge in [0.1, 0.15) is 0 Å². The van der Waals surface area contributed by atoms with E-state index in [4.69, 9.17) is 11.0 Å². The number of aryl methyl sites for hydroxylation is 1. The van der Waals surface area contributed by atoms with Crippen molar-refractivity contribution >= 4 is 31.6 Å². The van der Waals surface area contributed by atoms with Crippen molar-refractivity contribution in [2.75, 3.05) is 12.3 Å². The molecule has 0 aromatic heterocycles. The van der Waals surface area contributed by atoms with E-state index >= 15 is 0 Å². The molecule has 0 amide bonds. The second kappa shape index (κ2) is 6.57. The van der Waals surface area contributed by atoms with Crippen LogP contribution in [-0.4, -0.2) is 25.3 Å². The van der Waals surface area contributed by atoms with E-state index < -0.39 is 10.0 Å². The Balaban J connectivity index is 3.34. The molecule has 1 rings (SSSR count). The average molecular weight is 360 g/mol. The maximum Gasteiger partial charge on any atom is 0.243 e. The first-order chi connectivity index (χ1) is 9.21. The average Bonchev–Trinajstić information content (AvgIpc) is 2.33. The molecule has 0 radical (unpaired) electrons. The van der Waals surface area contributed by atoms with Crippen LogP contribution in [0.3, 0.4) is 0 Å². The van der Waals surface area contributed by atoms with Gasteiger partial charge in [-0.25, -0.2) is 8.42 Å². The van der Waals surface area contributed by atoms with Gasteiger partial charge < -0.3 is 5.73 Å². The number of halogens is 1. The number of nitriles is 1. The van der Waals surface area contributed by atoms with Gasteiger partial charge in [-0.2, -0.15) is 9.57 Å². The van der Waals surface area contributed by atoms with Crippen LogP contribution in [0.2, 0.25) is 0 Å². The first-order valence-corrected chi connectivity index (χ1v) is 8.39. The van der Waals surface area contributed by atoms with E-state index in [-0.39, 0.29) is 23.9 Å². The Morgan fingerprint density at radius 2 is 2.05 bits per heavy atom. The van der Waals surface area contributed by atoms with Crippen molar-refractivity contribution in [2.24, 2.45) is 0 Å². The lowest BCUT2D eigenvalue weighted by molar-refractivity contribution is 0.360. The zero-order valence-electron chi connectivity index (χ0n) is 11.7. The van der Waals surface area contributed by atoms with Gasteiger partial charge >= 0.3 is 0 Å². The number of rotatable bonds is 5. The third-order valence-corrected chi connectivity index (χ3v) is 5.80. The van der Waals surface area contributed by atoms with Gasteiger partial charge in [-0.3, -0.25) is 0 Å². The molecule has 7 heteroatoms. The van der Waals surface area contributed by atoms with Crippen molar-refractivity contribution in [1.29, 1.82) is 5.26 Å². The molecule has 0 bridgehead atoms. The summed E-state index contributed by atoms with van der Waals surface area (Å²) in [5.74, 6) is 0. The summed E-state index contributed by atoms with van der Waals surface area (Å²) in [6.07, 6.45) is 0.155. The number of hydrogen-bond acceptors (Lipinski definition) is 4. The molecule has 20 heavy (non-hydrogen) atoms. The Labute approximate surface area is 128 Å². The summed E-state index contributed by atoms with van der Waals surface area (Å²) in [6, 6.07) is 4.89. The second-order valence-electron chi connectivity index (χ2n) is 4.76. The van der Waals surface area contributed by atoms with E-state index in [0.29, 0.717) is 15.7 Å². The standard InChI is InChI=1S/C13H18BrN3O2S/c1-9(2)17(6-4-5-15)20(18,19)13-8-12(16)11(14)7-10(13)3/h7-9H,4,6,16H2,1-3H3. The van der Waals surface area contributed by atoms with Gasteiger partial charge in [0.25, 0.3) is 0 Å². The third-order valence-electron chi connectivity index (χ3n) is 2.90. The molecule has 0 aliphatic carbocycles. The van der Waals surface area contributed by atoms with Crippen LogP contribution in [0, 0.1) is 18.3 Å². The second-order valence-corrected chi connectivity index (χ2v) is 7.47. The van der Waals surface area contributed by atoms with Gasteiger partial charge in [-0.1, -0.05) is 0 Å². The van der Waals surface area contributed by atoms with Crippen molar-refractivity contribution in [3.63, 3.8) is 0 Å². The van der Waals surface area contributed by atoms with E-state index in [0.717, 1.165) is 0 Å². The molecule has 110 valence electrons. The molecule has 0 saturated carbocycles. The number of nitrogens with two attached hydrogens (primary N) is 1. The molecule has 0 atom stereocenters. The lowest BCUT2D eigenvalue weighted by Crippen LogP contribution is -2.38. The van der Waals surface area contributed by atoms with Gasteiger partial charge in [0.15, 0.2) is 0 Å². The first-order valence-electron chi connectivity index (χ1n) is 6.16. The summed E-state index contributed by atoms with van der Waals surface area (Å²) in [4.78, 5) is 0.185. The van der Waals surface area contributed by atoms with Crippen LogP contribution in [0.15, 0.2) is 21.5 Å². The molecular formula is C13H18BrN3O2S. The van der Waals surface area contributed by atoms with Crippen molar-refractivity contribution in [1.82, 2.24) is 4.31 Å². The maximum absolute atomic E-state index is 12.7. The Morgan fingerprint density at radius 3 is 2.55 bits per heavy atom. The third kappa shape index (κ3) is 3.51. The predicted octanol–water partition coefficient (Wildman–Crippen LogP) is 2.65. The summed E-state index contributed by atoms with van der Waals surface area (Å²) in [5.41, 5.74) is 6.77. The topological polar surface area (TPSA) is 87.2 Å². The summed E-state index contributed by atoms with van der Waals surface area (Å²) < 4.78 is 27.4. The molecule has 0 fully saturated rings. The Kier molecular flexibility index (Phi) is 5.57. The molecule has 2 N–H and O–H groups in total. The number of nitrogens with zero attached hydrogens (tertiary/aromatic N) is 2. The van der Waals surface area contributed by atoms with Crippen molar-refractivity contribution in [3.8, 4) is 6.07 Å². The zero-order valence-corrected chi connectivity index (χ0v) is 14.1. The normalized spacial score (nSPS) is 11.8. The van der Waals surface area contributed by atoms with Crippen LogP contribution in [-0.2, 0) is 10.0 Å². The molecule has 1 aromatic rings. The first kappa shape index (κ1) is 17.0. The molecule has 0 saturated heterocycles. The molecule has 0 spiro atoms. The van der Waals surface area contributed by atoms with Crippen LogP contribution in [0.25, 0.3) is 0 Å². The summed E-state index contributed by atoms with van der Waals surface area (Å²) >= 11 is 3.28. The van der Waals surface area contributed by atoms with Gasteiger partial charge in [-0.05, 0) is 54.4 Å². The summed E-state index contributed by atoms with van der Waals surface area (Å²) in [5, 5.41) is 8.67. The lowest BCUT2D eigenvalue weighted by atomic mass is 10.2. The SMILES string of the molecule is Cc1cc(Br)c(N)cc1S(=O)(=O)N(CCC#N)C(C)C. The van der Waals surface area contributed by atoms with E-state index in [1.807, 2.05) is 6.07 Å². The van der Waals surface area contributed by atoms with Crippen LogP contribution >= 0.6 is 15.9 Å². The van der Waals surface area contributed by atoms with Gasteiger partial charge in [0.05, 0.1) is 11.0 Å². The monoisotopic (exact) mass is 359 g/mol. The molecule has 1 aromatic carbocycles. The van der Waals surface area contributed by atoms with E-state index in [1.165, 1.54) is 10.4 Å². The quantitative estimate of drug-likeness (QED) is 0.818. The highest BCUT2D eigenvalue weighted by atomic mass is 79.9. The van der Waals surface area contributed by atoms with Crippen molar-refractivity contribution in [2.45, 2.75) is 38.1 Å². The highest BCUT2D eigenvalue weighted by Crippen LogP contribution is 2.29. The Bertz CT molecular complexity index is 636. The van der Waals surface area contributed by atoms with Crippen LogP contribution in [0.1, 0.15) is 25.8 Å². The highest BCUT2D eigenvalue weighted by molar-refractivity contribution is 9.10. The number of nitrogen functional groups attached to an aromatic ring is 1. The lowest BCUT2D eigenvalue weighted by Gasteiger charge is -2.26. The number of anilines is 1. The minimum Gasteiger partial charge on any atom is -0.398 e. The van der Waals surface area contributed by atoms with Gasteiger partial charge in [0.2, 0.25) is 10.0 Å². The van der Waals surface area contributed by atoms with Crippen LogP contribution < -0.4 is 5.73 Å². The molecule has 0 aliphatic rings. The van der Waals surface area contributed by atoms with Crippen LogP contribution in [0.4, 0.5) is 5.69 Å². The Hall–Kier alpha value is -1.10. The van der Waals surface area contributed by atoms with Gasteiger partial charge in [-0.15, -0.1) is 0 Å². The predicted molar refractivity (Wildman–Crippen MR) is 82.5 cm³/mol. The van der Waals surface area contributed by atoms with Crippen LogP contribution in [0.5, 0.6) is 0 Å². The fourth-order valence-electron chi connectivity index (χ4n) is 1.89. The molecule has 0 aliphatic heterocycles. The number of benzene rings is 1. The fraction of sp³-hybridized carbons (Fsp3) is 0.462. The summed E-state index contributed by atoms with van der Waals surface area (Å²) in [6.45, 7) is 5.46. The van der Waals surface area contributed by atoms with Crippen molar-refractivity contribution < 1.29 is 8.42 Å². The molecule has 5 nitrogen and oxygen atoms in total. The van der Waals surface area contributed by atoms with E-state index in [9.17, 15) is 8.42 Å².